The summed E-state index contributed by atoms with van der Waals surface area (Å²) in [6.45, 7) is 1.28. The molecule has 3 amide bonds. The number of carbonyl (C=O) groups is 3. The minimum atomic E-state index is -1.27. The summed E-state index contributed by atoms with van der Waals surface area (Å²) in [4.78, 5) is 35.1. The van der Waals surface area contributed by atoms with Gasteiger partial charge in [-0.2, -0.15) is 0 Å². The Bertz CT molecular complexity index is 916. The van der Waals surface area contributed by atoms with Crippen LogP contribution in [0.3, 0.4) is 0 Å². The fraction of sp³-hybridized carbons (Fsp3) is 0.118. The van der Waals surface area contributed by atoms with E-state index >= 15 is 0 Å². The van der Waals surface area contributed by atoms with Crippen LogP contribution in [-0.4, -0.2) is 34.5 Å². The summed E-state index contributed by atoms with van der Waals surface area (Å²) < 4.78 is 6.58. The monoisotopic (exact) mass is 404 g/mol. The van der Waals surface area contributed by atoms with Gasteiger partial charge in [0.25, 0.3) is 5.91 Å². The molecule has 0 spiro atoms. The van der Waals surface area contributed by atoms with Crippen LogP contribution in [0.5, 0.6) is 0 Å². The highest BCUT2D eigenvalue weighted by atomic mass is 79.9. The molecule has 1 aliphatic rings. The van der Waals surface area contributed by atoms with Crippen LogP contribution < -0.4 is 5.32 Å². The van der Waals surface area contributed by atoms with Gasteiger partial charge in [-0.1, -0.05) is 22.0 Å². The molecule has 0 saturated carbocycles. The van der Waals surface area contributed by atoms with Crippen LogP contribution in [0.1, 0.15) is 11.3 Å². The van der Waals surface area contributed by atoms with Crippen molar-refractivity contribution in [1.29, 1.82) is 0 Å². The van der Waals surface area contributed by atoms with Crippen LogP contribution in [0.2, 0.25) is 0 Å². The molecule has 7 nitrogen and oxygen atoms in total. The number of carbonyl (C=O) groups excluding carboxylic acids is 2. The Morgan fingerprint density at radius 1 is 1.32 bits per heavy atom. The Morgan fingerprint density at radius 3 is 2.76 bits per heavy atom. The first-order valence-electron chi connectivity index (χ1n) is 7.28. The number of carboxylic acids is 1. The number of imide groups is 1. The number of nitrogens with one attached hydrogen (secondary N) is 1. The quantitative estimate of drug-likeness (QED) is 0.602. The molecule has 2 N–H and O–H groups in total. The van der Waals surface area contributed by atoms with Gasteiger partial charge in [-0.25, -0.2) is 9.69 Å². The summed E-state index contributed by atoms with van der Waals surface area (Å²) >= 11 is 3.48. The molecule has 1 aliphatic heterocycles. The Kier molecular flexibility index (Phi) is 4.45. The van der Waals surface area contributed by atoms with Crippen LogP contribution in [0.25, 0.3) is 17.4 Å². The lowest BCUT2D eigenvalue weighted by atomic mass is 10.1. The molecule has 128 valence electrons. The summed E-state index contributed by atoms with van der Waals surface area (Å²) in [6.07, 6.45) is 1.37. The van der Waals surface area contributed by atoms with Gasteiger partial charge >= 0.3 is 12.0 Å². The van der Waals surface area contributed by atoms with E-state index in [9.17, 15) is 14.4 Å². The lowest BCUT2D eigenvalue weighted by Gasteiger charge is -2.06. The molecule has 2 heterocycles. The summed E-state index contributed by atoms with van der Waals surface area (Å²) in [5.74, 6) is -1.02. The van der Waals surface area contributed by atoms with E-state index in [1.165, 1.54) is 6.08 Å². The minimum absolute atomic E-state index is 0.0323. The van der Waals surface area contributed by atoms with Crippen molar-refractivity contribution in [1.82, 2.24) is 10.2 Å². The smallest absolute Gasteiger partial charge is 0.329 e. The summed E-state index contributed by atoms with van der Waals surface area (Å²) in [5, 5.41) is 11.1. The molecule has 1 aromatic heterocycles. The third-order valence-corrected chi connectivity index (χ3v) is 4.22. The van der Waals surface area contributed by atoms with Gasteiger partial charge in [0.15, 0.2) is 0 Å². The number of hydrogen-bond acceptors (Lipinski definition) is 4. The first kappa shape index (κ1) is 17.0. The maximum absolute atomic E-state index is 12.1. The van der Waals surface area contributed by atoms with E-state index in [2.05, 4.69) is 21.2 Å². The van der Waals surface area contributed by atoms with Gasteiger partial charge in [0.1, 0.15) is 23.8 Å². The summed E-state index contributed by atoms with van der Waals surface area (Å²) in [7, 11) is 0. The van der Waals surface area contributed by atoms with Crippen molar-refractivity contribution in [2.24, 2.45) is 0 Å². The summed E-state index contributed by atoms with van der Waals surface area (Å²) in [6, 6.07) is 8.45. The third kappa shape index (κ3) is 3.48. The van der Waals surface area contributed by atoms with Crippen LogP contribution in [0.4, 0.5) is 4.79 Å². The lowest BCUT2D eigenvalue weighted by molar-refractivity contribution is -0.140. The standard InChI is InChI=1S/C17H13BrN2O5/c1-9-2-4-11(12(18)6-9)14-5-3-10(25-14)7-13-16(23)20(8-15(21)22)17(24)19-13/h2-7H,8H2,1H3,(H,19,24)(H,21,22)/b13-7-. The van der Waals surface area contributed by atoms with Gasteiger partial charge in [-0.15, -0.1) is 0 Å². The highest BCUT2D eigenvalue weighted by Crippen LogP contribution is 2.31. The van der Waals surface area contributed by atoms with Crippen molar-refractivity contribution in [3.63, 3.8) is 0 Å². The molecule has 3 rings (SSSR count). The zero-order chi connectivity index (χ0) is 18.1. The molecular weight excluding hydrogens is 392 g/mol. The molecule has 8 heteroatoms. The molecule has 1 saturated heterocycles. The van der Waals surface area contributed by atoms with Crippen molar-refractivity contribution >= 4 is 39.9 Å². The van der Waals surface area contributed by atoms with Crippen LogP contribution >= 0.6 is 15.9 Å². The first-order valence-corrected chi connectivity index (χ1v) is 8.07. The molecule has 0 radical (unpaired) electrons. The number of urea groups is 1. The Balaban J connectivity index is 1.86. The van der Waals surface area contributed by atoms with Crippen molar-refractivity contribution in [2.75, 3.05) is 6.54 Å². The van der Waals surface area contributed by atoms with Gasteiger partial charge < -0.3 is 14.8 Å². The molecule has 1 aromatic carbocycles. The van der Waals surface area contributed by atoms with Gasteiger partial charge in [-0.05, 0) is 36.8 Å². The fourth-order valence-corrected chi connectivity index (χ4v) is 3.08. The maximum Gasteiger partial charge on any atom is 0.329 e. The van der Waals surface area contributed by atoms with Crippen molar-refractivity contribution < 1.29 is 23.9 Å². The van der Waals surface area contributed by atoms with E-state index in [4.69, 9.17) is 9.52 Å². The third-order valence-electron chi connectivity index (χ3n) is 3.56. The number of furan rings is 1. The molecule has 2 aromatic rings. The van der Waals surface area contributed by atoms with Crippen LogP contribution in [-0.2, 0) is 9.59 Å². The number of nitrogens with zero attached hydrogens (tertiary/aromatic N) is 1. The normalized spacial score (nSPS) is 15.8. The number of aryl methyl sites for hydroxylation is 1. The maximum atomic E-state index is 12.1. The molecule has 0 bridgehead atoms. The highest BCUT2D eigenvalue weighted by Gasteiger charge is 2.35. The predicted molar refractivity (Wildman–Crippen MR) is 92.4 cm³/mol. The average molecular weight is 405 g/mol. The zero-order valence-corrected chi connectivity index (χ0v) is 14.7. The van der Waals surface area contributed by atoms with E-state index < -0.39 is 24.5 Å². The SMILES string of the molecule is Cc1ccc(-c2ccc(/C=C3\NC(=O)N(CC(=O)O)C3=O)o2)c(Br)c1. The van der Waals surface area contributed by atoms with E-state index in [-0.39, 0.29) is 5.70 Å². The lowest BCUT2D eigenvalue weighted by Crippen LogP contribution is -2.35. The molecule has 0 aliphatic carbocycles. The second-order valence-electron chi connectivity index (χ2n) is 5.46. The Morgan fingerprint density at radius 2 is 2.08 bits per heavy atom. The van der Waals surface area contributed by atoms with Crippen LogP contribution in [0.15, 0.2) is 44.9 Å². The number of halogens is 1. The number of aliphatic carboxylic acids is 1. The fourth-order valence-electron chi connectivity index (χ4n) is 2.39. The van der Waals surface area contributed by atoms with E-state index in [1.54, 1.807) is 12.1 Å². The Hall–Kier alpha value is -2.87. The zero-order valence-electron chi connectivity index (χ0n) is 13.1. The molecule has 0 atom stereocenters. The number of benzene rings is 1. The van der Waals surface area contributed by atoms with Crippen molar-refractivity contribution in [3.05, 3.63) is 51.8 Å². The Labute approximate surface area is 151 Å². The number of amides is 3. The highest BCUT2D eigenvalue weighted by molar-refractivity contribution is 9.10. The van der Waals surface area contributed by atoms with Crippen molar-refractivity contribution in [2.45, 2.75) is 6.92 Å². The second-order valence-corrected chi connectivity index (χ2v) is 6.31. The molecule has 1 fully saturated rings. The van der Waals surface area contributed by atoms with Gasteiger partial charge in [-0.3, -0.25) is 9.59 Å². The van der Waals surface area contributed by atoms with Gasteiger partial charge in [0.05, 0.1) is 0 Å². The van der Waals surface area contributed by atoms with E-state index in [0.717, 1.165) is 15.6 Å². The number of carboxylic acid groups (broad SMARTS) is 1. The van der Waals surface area contributed by atoms with Gasteiger partial charge in [0.2, 0.25) is 0 Å². The largest absolute Gasteiger partial charge is 0.480 e. The topological polar surface area (TPSA) is 99.9 Å². The molecule has 25 heavy (non-hydrogen) atoms. The average Bonchev–Trinajstić information content (AvgIpc) is 3.08. The first-order chi connectivity index (χ1) is 11.8. The predicted octanol–water partition coefficient (Wildman–Crippen LogP) is 2.99. The van der Waals surface area contributed by atoms with E-state index in [1.807, 2.05) is 25.1 Å². The number of hydrogen-bond donors (Lipinski definition) is 2. The van der Waals surface area contributed by atoms with Crippen molar-refractivity contribution in [3.8, 4) is 11.3 Å². The van der Waals surface area contributed by atoms with Crippen LogP contribution in [0, 0.1) is 6.92 Å². The van der Waals surface area contributed by atoms with E-state index in [0.29, 0.717) is 16.4 Å². The second kappa shape index (κ2) is 6.56. The molecule has 0 unspecified atom stereocenters. The number of rotatable bonds is 4. The van der Waals surface area contributed by atoms with Gasteiger partial charge in [0, 0.05) is 16.1 Å². The minimum Gasteiger partial charge on any atom is -0.480 e. The molecular formula is C17H13BrN2O5. The summed E-state index contributed by atoms with van der Waals surface area (Å²) in [5.41, 5.74) is 1.92.